The van der Waals surface area contributed by atoms with Crippen LogP contribution < -0.4 is 4.74 Å². The number of aryl methyl sites for hydroxylation is 1. The molecule has 6 heteroatoms. The van der Waals surface area contributed by atoms with E-state index in [9.17, 15) is 13.2 Å². The Kier molecular flexibility index (Phi) is 13.6. The molecule has 0 radical (unpaired) electrons. The standard InChI is InChI=1S/C28H40O5S/c29-28(33-26-21-23-27(24-22-26)34(30,31)32)20-16-11-9-7-5-3-1-2-4-6-8-10-13-17-25-18-14-12-15-19-25/h12,14-15,18-19,21-24H,1-11,13,16-17,20H2,(H,30,31,32). The van der Waals surface area contributed by atoms with Gasteiger partial charge in [0.2, 0.25) is 0 Å². The van der Waals surface area contributed by atoms with E-state index in [0.717, 1.165) is 19.3 Å². The highest BCUT2D eigenvalue weighted by Crippen LogP contribution is 2.17. The van der Waals surface area contributed by atoms with Gasteiger partial charge in [0.1, 0.15) is 5.75 Å². The van der Waals surface area contributed by atoms with E-state index in [0.29, 0.717) is 6.42 Å². The highest BCUT2D eigenvalue weighted by Gasteiger charge is 2.10. The average molecular weight is 489 g/mol. The lowest BCUT2D eigenvalue weighted by Gasteiger charge is -2.05. The van der Waals surface area contributed by atoms with E-state index in [2.05, 4.69) is 30.3 Å². The van der Waals surface area contributed by atoms with Crippen molar-refractivity contribution in [3.05, 3.63) is 60.2 Å². The second-order valence-corrected chi connectivity index (χ2v) is 10.4. The molecule has 0 amide bonds. The third kappa shape index (κ3) is 12.9. The number of carbonyl (C=O) groups is 1. The quantitative estimate of drug-likeness (QED) is 0.101. The van der Waals surface area contributed by atoms with Gasteiger partial charge in [-0.25, -0.2) is 0 Å². The second-order valence-electron chi connectivity index (χ2n) is 9.00. The highest BCUT2D eigenvalue weighted by atomic mass is 32.2. The van der Waals surface area contributed by atoms with Gasteiger partial charge in [0.15, 0.2) is 0 Å². The van der Waals surface area contributed by atoms with Crippen LogP contribution in [0, 0.1) is 0 Å². The number of rotatable bonds is 18. The largest absolute Gasteiger partial charge is 0.427 e. The molecule has 0 saturated carbocycles. The molecular weight excluding hydrogens is 448 g/mol. The molecule has 0 aliphatic rings. The van der Waals surface area contributed by atoms with Gasteiger partial charge in [0.05, 0.1) is 4.90 Å². The first-order valence-electron chi connectivity index (χ1n) is 12.8. The monoisotopic (exact) mass is 488 g/mol. The molecule has 2 aromatic rings. The molecule has 0 aliphatic carbocycles. The number of ether oxygens (including phenoxy) is 1. The summed E-state index contributed by atoms with van der Waals surface area (Å²) in [6.45, 7) is 0. The van der Waals surface area contributed by atoms with Gasteiger partial charge in [-0.2, -0.15) is 8.42 Å². The maximum atomic E-state index is 11.9. The molecule has 2 aromatic carbocycles. The molecule has 0 bridgehead atoms. The molecule has 0 spiro atoms. The van der Waals surface area contributed by atoms with E-state index < -0.39 is 10.1 Å². The molecule has 0 fully saturated rings. The third-order valence-corrected chi connectivity index (χ3v) is 6.91. The second kappa shape index (κ2) is 16.4. The van der Waals surface area contributed by atoms with Crippen LogP contribution >= 0.6 is 0 Å². The molecule has 2 rings (SSSR count). The maximum absolute atomic E-state index is 11.9. The lowest BCUT2D eigenvalue weighted by Crippen LogP contribution is -2.07. The zero-order valence-electron chi connectivity index (χ0n) is 20.3. The molecule has 0 heterocycles. The minimum absolute atomic E-state index is 0.221. The van der Waals surface area contributed by atoms with Gasteiger partial charge in [-0.3, -0.25) is 9.35 Å². The van der Waals surface area contributed by atoms with Gasteiger partial charge in [-0.05, 0) is 49.1 Å². The van der Waals surface area contributed by atoms with E-state index >= 15 is 0 Å². The lowest BCUT2D eigenvalue weighted by atomic mass is 10.0. The van der Waals surface area contributed by atoms with Crippen LogP contribution in [0.1, 0.15) is 95.5 Å². The number of hydrogen-bond donors (Lipinski definition) is 1. The summed E-state index contributed by atoms with van der Waals surface area (Å²) < 4.78 is 36.2. The van der Waals surface area contributed by atoms with Crippen LogP contribution in [0.4, 0.5) is 0 Å². The SMILES string of the molecule is O=C(CCCCCCCCCCCCCCCc1ccccc1)Oc1ccc(S(=O)(=O)O)cc1. The van der Waals surface area contributed by atoms with E-state index in [-0.39, 0.29) is 16.6 Å². The zero-order chi connectivity index (χ0) is 24.5. The summed E-state index contributed by atoms with van der Waals surface area (Å²) in [4.78, 5) is 11.7. The number of unbranched alkanes of at least 4 members (excludes halogenated alkanes) is 12. The van der Waals surface area contributed by atoms with Crippen molar-refractivity contribution in [2.75, 3.05) is 0 Å². The van der Waals surface area contributed by atoms with Crippen LogP contribution in [-0.4, -0.2) is 18.9 Å². The van der Waals surface area contributed by atoms with Crippen LogP contribution in [0.2, 0.25) is 0 Å². The van der Waals surface area contributed by atoms with Crippen LogP contribution in [0.5, 0.6) is 5.75 Å². The summed E-state index contributed by atoms with van der Waals surface area (Å²) in [6, 6.07) is 15.9. The Morgan fingerprint density at radius 3 is 1.62 bits per heavy atom. The molecule has 5 nitrogen and oxygen atoms in total. The van der Waals surface area contributed by atoms with E-state index in [1.807, 2.05) is 0 Å². The van der Waals surface area contributed by atoms with E-state index in [1.54, 1.807) is 0 Å². The van der Waals surface area contributed by atoms with Gasteiger partial charge in [0, 0.05) is 6.42 Å². The summed E-state index contributed by atoms with van der Waals surface area (Å²) in [7, 11) is -4.23. The molecule has 0 saturated heterocycles. The van der Waals surface area contributed by atoms with Crippen molar-refractivity contribution < 1.29 is 22.5 Å². The minimum Gasteiger partial charge on any atom is -0.427 e. The molecule has 1 N–H and O–H groups in total. The van der Waals surface area contributed by atoms with Crippen molar-refractivity contribution in [2.45, 2.75) is 101 Å². The predicted octanol–water partition coefficient (Wildman–Crippen LogP) is 7.54. The van der Waals surface area contributed by atoms with E-state index in [4.69, 9.17) is 9.29 Å². The van der Waals surface area contributed by atoms with Crippen molar-refractivity contribution in [2.24, 2.45) is 0 Å². The summed E-state index contributed by atoms with van der Waals surface area (Å²) in [6.07, 6.45) is 17.7. The number of benzene rings is 2. The number of carbonyl (C=O) groups excluding carboxylic acids is 1. The number of hydrogen-bond acceptors (Lipinski definition) is 4. The van der Waals surface area contributed by atoms with Gasteiger partial charge in [-0.1, -0.05) is 101 Å². The summed E-state index contributed by atoms with van der Waals surface area (Å²) in [5.41, 5.74) is 1.45. The van der Waals surface area contributed by atoms with Crippen molar-refractivity contribution in [3.8, 4) is 5.75 Å². The fraction of sp³-hybridized carbons (Fsp3) is 0.536. The van der Waals surface area contributed by atoms with Crippen LogP contribution in [0.25, 0.3) is 0 Å². The molecule has 0 atom stereocenters. The fourth-order valence-corrected chi connectivity index (χ4v) is 4.53. The first kappa shape index (κ1) is 28.1. The van der Waals surface area contributed by atoms with Gasteiger partial charge < -0.3 is 4.74 Å². The van der Waals surface area contributed by atoms with Gasteiger partial charge in [-0.15, -0.1) is 0 Å². The van der Waals surface area contributed by atoms with E-state index in [1.165, 1.54) is 100 Å². The normalized spacial score (nSPS) is 11.4. The Morgan fingerprint density at radius 2 is 1.12 bits per heavy atom. The smallest absolute Gasteiger partial charge is 0.311 e. The minimum atomic E-state index is -4.23. The lowest BCUT2D eigenvalue weighted by molar-refractivity contribution is -0.134. The van der Waals surface area contributed by atoms with Gasteiger partial charge >= 0.3 is 5.97 Å². The Hall–Kier alpha value is -2.18. The Balaban J connectivity index is 1.34. The molecule has 34 heavy (non-hydrogen) atoms. The van der Waals surface area contributed by atoms with Crippen molar-refractivity contribution in [1.82, 2.24) is 0 Å². The fourth-order valence-electron chi connectivity index (χ4n) is 4.05. The van der Waals surface area contributed by atoms with Gasteiger partial charge in [0.25, 0.3) is 10.1 Å². The Morgan fingerprint density at radius 1 is 0.647 bits per heavy atom. The van der Waals surface area contributed by atoms with Crippen molar-refractivity contribution >= 4 is 16.1 Å². The molecule has 188 valence electrons. The van der Waals surface area contributed by atoms with Crippen LogP contribution in [0.15, 0.2) is 59.5 Å². The first-order valence-corrected chi connectivity index (χ1v) is 14.2. The number of esters is 1. The van der Waals surface area contributed by atoms with Crippen LogP contribution in [0.3, 0.4) is 0 Å². The summed E-state index contributed by atoms with van der Waals surface area (Å²) in [5, 5.41) is 0. The molecule has 0 aromatic heterocycles. The van der Waals surface area contributed by atoms with Crippen molar-refractivity contribution in [3.63, 3.8) is 0 Å². The highest BCUT2D eigenvalue weighted by molar-refractivity contribution is 7.85. The summed E-state index contributed by atoms with van der Waals surface area (Å²) >= 11 is 0. The zero-order valence-corrected chi connectivity index (χ0v) is 21.1. The first-order chi connectivity index (χ1) is 16.4. The average Bonchev–Trinajstić information content (AvgIpc) is 2.82. The Labute approximate surface area is 205 Å². The predicted molar refractivity (Wildman–Crippen MR) is 137 cm³/mol. The Bertz CT molecular complexity index is 908. The summed E-state index contributed by atoms with van der Waals surface area (Å²) in [5.74, 6) is -0.0377. The topological polar surface area (TPSA) is 80.7 Å². The van der Waals surface area contributed by atoms with Crippen molar-refractivity contribution in [1.29, 1.82) is 0 Å². The molecular formula is C28H40O5S. The molecule has 0 aliphatic heterocycles. The molecule has 0 unspecified atom stereocenters. The maximum Gasteiger partial charge on any atom is 0.311 e. The van der Waals surface area contributed by atoms with Crippen LogP contribution in [-0.2, 0) is 21.3 Å². The third-order valence-electron chi connectivity index (χ3n) is 6.04.